The van der Waals surface area contributed by atoms with Gasteiger partial charge in [-0.05, 0) is 51.6 Å². The molecule has 2 aromatic heterocycles. The third-order valence-corrected chi connectivity index (χ3v) is 10.2. The quantitative estimate of drug-likeness (QED) is 0.181. The molecule has 0 amide bonds. The van der Waals surface area contributed by atoms with Crippen molar-refractivity contribution in [1.82, 2.24) is 15.0 Å². The highest BCUT2D eigenvalue weighted by atomic mass is 32.1. The SMILES string of the molecule is c1ccc(-c2cccc(-c3ccccc3-c3ccccc3-c3nc(-c4ccccc4)nc(-c4cccc5c4sc4ccccc45)n3)c2)cc1. The summed E-state index contributed by atoms with van der Waals surface area (Å²) >= 11 is 1.79. The van der Waals surface area contributed by atoms with Crippen LogP contribution in [0.3, 0.4) is 0 Å². The van der Waals surface area contributed by atoms with Gasteiger partial charge in [-0.25, -0.2) is 15.0 Å². The van der Waals surface area contributed by atoms with Gasteiger partial charge in [0.25, 0.3) is 0 Å². The molecule has 3 nitrogen and oxygen atoms in total. The van der Waals surface area contributed by atoms with E-state index in [0.29, 0.717) is 17.5 Å². The highest BCUT2D eigenvalue weighted by molar-refractivity contribution is 7.26. The smallest absolute Gasteiger partial charge is 0.165 e. The number of hydrogen-bond acceptors (Lipinski definition) is 4. The molecule has 0 radical (unpaired) electrons. The minimum Gasteiger partial charge on any atom is -0.208 e. The highest BCUT2D eigenvalue weighted by Gasteiger charge is 2.19. The van der Waals surface area contributed by atoms with Crippen molar-refractivity contribution < 1.29 is 0 Å². The fourth-order valence-electron chi connectivity index (χ4n) is 6.64. The first kappa shape index (κ1) is 29.0. The van der Waals surface area contributed by atoms with E-state index in [1.807, 2.05) is 18.2 Å². The third-order valence-electron chi connectivity index (χ3n) is 8.98. The topological polar surface area (TPSA) is 38.7 Å². The van der Waals surface area contributed by atoms with E-state index in [1.165, 1.54) is 31.3 Å². The summed E-state index contributed by atoms with van der Waals surface area (Å²) in [6.07, 6.45) is 0. The molecular formula is C45H29N3S. The number of thiophene rings is 1. The Kier molecular flexibility index (Phi) is 7.34. The number of nitrogens with zero attached hydrogens (tertiary/aromatic N) is 3. The summed E-state index contributed by atoms with van der Waals surface area (Å²) in [5.41, 5.74) is 9.80. The molecule has 49 heavy (non-hydrogen) atoms. The monoisotopic (exact) mass is 643 g/mol. The molecule has 0 saturated heterocycles. The molecule has 0 unspecified atom stereocenters. The summed E-state index contributed by atoms with van der Waals surface area (Å²) < 4.78 is 2.43. The molecule has 0 aliphatic heterocycles. The van der Waals surface area contributed by atoms with Gasteiger partial charge in [0.1, 0.15) is 0 Å². The summed E-state index contributed by atoms with van der Waals surface area (Å²) in [6, 6.07) is 61.6. The fraction of sp³-hybridized carbons (Fsp3) is 0. The van der Waals surface area contributed by atoms with Crippen LogP contribution in [-0.4, -0.2) is 15.0 Å². The molecule has 9 aromatic rings. The lowest BCUT2D eigenvalue weighted by molar-refractivity contribution is 1.08. The van der Waals surface area contributed by atoms with E-state index in [1.54, 1.807) is 11.3 Å². The van der Waals surface area contributed by atoms with Gasteiger partial charge in [-0.2, -0.15) is 0 Å². The average molecular weight is 644 g/mol. The molecule has 0 atom stereocenters. The first-order valence-corrected chi connectivity index (χ1v) is 17.2. The maximum Gasteiger partial charge on any atom is 0.165 e. The molecule has 7 aromatic carbocycles. The number of hydrogen-bond donors (Lipinski definition) is 0. The number of benzene rings is 7. The van der Waals surface area contributed by atoms with Gasteiger partial charge >= 0.3 is 0 Å². The van der Waals surface area contributed by atoms with Crippen molar-refractivity contribution in [1.29, 1.82) is 0 Å². The van der Waals surface area contributed by atoms with Crippen LogP contribution in [-0.2, 0) is 0 Å². The molecule has 0 saturated carbocycles. The predicted molar refractivity (Wildman–Crippen MR) is 205 cm³/mol. The lowest BCUT2D eigenvalue weighted by Gasteiger charge is -2.15. The third kappa shape index (κ3) is 5.38. The van der Waals surface area contributed by atoms with E-state index in [9.17, 15) is 0 Å². The number of aromatic nitrogens is 3. The van der Waals surface area contributed by atoms with E-state index < -0.39 is 0 Å². The highest BCUT2D eigenvalue weighted by Crippen LogP contribution is 2.41. The molecule has 0 fully saturated rings. The molecule has 9 rings (SSSR count). The van der Waals surface area contributed by atoms with Gasteiger partial charge < -0.3 is 0 Å². The molecule has 230 valence electrons. The zero-order valence-electron chi connectivity index (χ0n) is 26.5. The Labute approximate surface area is 288 Å². The second-order valence-electron chi connectivity index (χ2n) is 12.0. The second-order valence-corrected chi connectivity index (χ2v) is 13.0. The summed E-state index contributed by atoms with van der Waals surface area (Å²) in [4.78, 5) is 15.5. The fourth-order valence-corrected chi connectivity index (χ4v) is 7.85. The van der Waals surface area contributed by atoms with Crippen LogP contribution in [0.25, 0.3) is 87.7 Å². The van der Waals surface area contributed by atoms with E-state index in [4.69, 9.17) is 15.0 Å². The molecule has 0 aliphatic carbocycles. The minimum atomic E-state index is 0.644. The summed E-state index contributed by atoms with van der Waals surface area (Å²) in [7, 11) is 0. The van der Waals surface area contributed by atoms with Crippen LogP contribution in [0.5, 0.6) is 0 Å². The summed E-state index contributed by atoms with van der Waals surface area (Å²) in [5.74, 6) is 1.96. The minimum absolute atomic E-state index is 0.644. The molecule has 0 bridgehead atoms. The van der Waals surface area contributed by atoms with Crippen molar-refractivity contribution in [3.8, 4) is 67.5 Å². The van der Waals surface area contributed by atoms with Gasteiger partial charge in [-0.3, -0.25) is 0 Å². The van der Waals surface area contributed by atoms with Gasteiger partial charge in [-0.1, -0.05) is 158 Å². The number of fused-ring (bicyclic) bond motifs is 3. The summed E-state index contributed by atoms with van der Waals surface area (Å²) in [6.45, 7) is 0. The van der Waals surface area contributed by atoms with Gasteiger partial charge in [-0.15, -0.1) is 11.3 Å². The Morgan fingerprint density at radius 3 is 1.57 bits per heavy atom. The molecule has 0 aliphatic rings. The average Bonchev–Trinajstić information content (AvgIpc) is 3.57. The van der Waals surface area contributed by atoms with Crippen molar-refractivity contribution in [2.24, 2.45) is 0 Å². The lowest BCUT2D eigenvalue weighted by Crippen LogP contribution is -2.01. The molecule has 0 N–H and O–H groups in total. The Balaban J connectivity index is 1.24. The van der Waals surface area contributed by atoms with Crippen molar-refractivity contribution in [3.05, 3.63) is 176 Å². The molecule has 2 heterocycles. The van der Waals surface area contributed by atoms with Crippen LogP contribution in [0.2, 0.25) is 0 Å². The molecule has 4 heteroatoms. The van der Waals surface area contributed by atoms with E-state index in [0.717, 1.165) is 38.9 Å². The standard InChI is InChI=1S/C45H29N3S/c1-3-15-30(16-4-1)32-19-13-20-33(29-32)34-21-7-8-22-35(34)36-23-9-10-25-39(36)44-46-43(31-17-5-2-6-18-31)47-45(48-44)40-27-14-26-38-37-24-11-12-28-41(37)49-42(38)40/h1-29H. The Morgan fingerprint density at radius 2 is 0.796 bits per heavy atom. The Bertz CT molecular complexity index is 2610. The van der Waals surface area contributed by atoms with Crippen molar-refractivity contribution in [3.63, 3.8) is 0 Å². The second kappa shape index (κ2) is 12.4. The lowest BCUT2D eigenvalue weighted by atomic mass is 9.90. The van der Waals surface area contributed by atoms with E-state index in [-0.39, 0.29) is 0 Å². The zero-order valence-corrected chi connectivity index (χ0v) is 27.3. The van der Waals surface area contributed by atoms with Gasteiger partial charge in [0.15, 0.2) is 17.5 Å². The van der Waals surface area contributed by atoms with Gasteiger partial charge in [0.05, 0.1) is 0 Å². The maximum atomic E-state index is 5.25. The van der Waals surface area contributed by atoms with Crippen molar-refractivity contribution in [2.45, 2.75) is 0 Å². The van der Waals surface area contributed by atoms with Gasteiger partial charge in [0.2, 0.25) is 0 Å². The number of rotatable bonds is 6. The van der Waals surface area contributed by atoms with Crippen molar-refractivity contribution in [2.75, 3.05) is 0 Å². The van der Waals surface area contributed by atoms with Crippen LogP contribution < -0.4 is 0 Å². The van der Waals surface area contributed by atoms with Crippen molar-refractivity contribution >= 4 is 31.5 Å². The van der Waals surface area contributed by atoms with E-state index >= 15 is 0 Å². The van der Waals surface area contributed by atoms with Crippen LogP contribution in [0.1, 0.15) is 0 Å². The Hall–Kier alpha value is -6.23. The van der Waals surface area contributed by atoms with Crippen LogP contribution in [0.15, 0.2) is 176 Å². The zero-order chi connectivity index (χ0) is 32.6. The Morgan fingerprint density at radius 1 is 0.306 bits per heavy atom. The predicted octanol–water partition coefficient (Wildman–Crippen LogP) is 12.2. The first-order valence-electron chi connectivity index (χ1n) is 16.4. The largest absolute Gasteiger partial charge is 0.208 e. The van der Waals surface area contributed by atoms with Gasteiger partial charge in [0, 0.05) is 36.9 Å². The maximum absolute atomic E-state index is 5.25. The summed E-state index contributed by atoms with van der Waals surface area (Å²) in [5, 5.41) is 2.47. The van der Waals surface area contributed by atoms with E-state index in [2.05, 4.69) is 158 Å². The molecule has 0 spiro atoms. The first-order chi connectivity index (χ1) is 24.3. The molecular weight excluding hydrogens is 615 g/mol. The normalized spacial score (nSPS) is 11.3. The van der Waals surface area contributed by atoms with Crippen LogP contribution in [0, 0.1) is 0 Å². The van der Waals surface area contributed by atoms with Crippen LogP contribution in [0.4, 0.5) is 0 Å². The van der Waals surface area contributed by atoms with Crippen LogP contribution >= 0.6 is 11.3 Å².